The van der Waals surface area contributed by atoms with Gasteiger partial charge in [0.05, 0.1) is 24.4 Å². The topological polar surface area (TPSA) is 72.8 Å². The van der Waals surface area contributed by atoms with Crippen LogP contribution in [0.15, 0.2) is 47.5 Å². The maximum atomic E-state index is 15.2. The fourth-order valence-corrected chi connectivity index (χ4v) is 3.44. The molecule has 1 aromatic carbocycles. The van der Waals surface area contributed by atoms with Crippen molar-refractivity contribution in [2.45, 2.75) is 0 Å². The number of carbonyl (C=O) groups excluding carboxylic acids is 1. The number of esters is 1. The van der Waals surface area contributed by atoms with Crippen LogP contribution in [0.25, 0.3) is 33.3 Å². The number of aromatic nitrogens is 4. The van der Waals surface area contributed by atoms with E-state index in [0.717, 1.165) is 0 Å². The summed E-state index contributed by atoms with van der Waals surface area (Å²) in [6.45, 7) is 0. The van der Waals surface area contributed by atoms with Crippen molar-refractivity contribution in [2.24, 2.45) is 7.05 Å². The number of ether oxygens (including phenoxy) is 1. The van der Waals surface area contributed by atoms with Gasteiger partial charge in [0.25, 0.3) is 0 Å². The molecule has 0 amide bonds. The quantitative estimate of drug-likeness (QED) is 0.389. The minimum atomic E-state index is -0.505. The zero-order valence-electron chi connectivity index (χ0n) is 14.5. The Labute approximate surface area is 162 Å². The fraction of sp³-hybridized carbons (Fsp3) is 0.105. The first kappa shape index (κ1) is 17.4. The molecule has 4 aromatic rings. The van der Waals surface area contributed by atoms with Crippen molar-refractivity contribution in [1.29, 1.82) is 0 Å². The number of fused-ring (bicyclic) bond motifs is 1. The molecular weight excluding hydrogens is 415 g/mol. The normalized spacial score (nSPS) is 11.1. The number of pyridine rings is 1. The van der Waals surface area contributed by atoms with Crippen molar-refractivity contribution in [2.75, 3.05) is 7.11 Å². The second kappa shape index (κ2) is 6.62. The van der Waals surface area contributed by atoms with Gasteiger partial charge in [0.15, 0.2) is 0 Å². The Morgan fingerprint density at radius 2 is 2.07 bits per heavy atom. The average molecular weight is 429 g/mol. The molecule has 0 unspecified atom stereocenters. The van der Waals surface area contributed by atoms with Gasteiger partial charge in [-0.1, -0.05) is 12.1 Å². The second-order valence-corrected chi connectivity index (χ2v) is 6.75. The molecule has 0 aliphatic heterocycles. The lowest BCUT2D eigenvalue weighted by atomic mass is 10.0. The first-order valence-corrected chi connectivity index (χ1v) is 8.82. The largest absolute Gasteiger partial charge is 0.465 e. The number of aryl methyl sites for hydroxylation is 1. The molecule has 0 aliphatic rings. The maximum absolute atomic E-state index is 15.2. The Kier molecular flexibility index (Phi) is 4.27. The van der Waals surface area contributed by atoms with E-state index in [2.05, 4.69) is 31.0 Å². The molecule has 6 nitrogen and oxygen atoms in total. The molecule has 0 atom stereocenters. The molecule has 4 rings (SSSR count). The SMILES string of the molecule is COC(=O)c1cnc(Br)c2[nH]c(-c3cccc(-c4cnn(C)c4)c3F)cc12. The van der Waals surface area contributed by atoms with E-state index in [1.54, 1.807) is 48.4 Å². The highest BCUT2D eigenvalue weighted by Gasteiger charge is 2.19. The number of halogens is 2. The van der Waals surface area contributed by atoms with Crippen molar-refractivity contribution < 1.29 is 13.9 Å². The zero-order chi connectivity index (χ0) is 19.1. The Balaban J connectivity index is 1.91. The van der Waals surface area contributed by atoms with Crippen LogP contribution >= 0.6 is 15.9 Å². The van der Waals surface area contributed by atoms with Gasteiger partial charge in [-0.25, -0.2) is 14.2 Å². The number of H-pyrrole nitrogens is 1. The standard InChI is InChI=1S/C19H14BrFN4O2/c1-25-9-10(7-23-25)11-4-3-5-12(16(11)21)15-6-13-14(19(26)27-2)8-22-18(20)17(13)24-15/h3-9,24H,1-2H3. The number of hydrogen-bond acceptors (Lipinski definition) is 4. The van der Waals surface area contributed by atoms with Gasteiger partial charge in [-0.15, -0.1) is 0 Å². The number of methoxy groups -OCH3 is 1. The molecule has 0 saturated heterocycles. The summed E-state index contributed by atoms with van der Waals surface area (Å²) < 4.78 is 22.2. The smallest absolute Gasteiger partial charge is 0.340 e. The van der Waals surface area contributed by atoms with Crippen molar-refractivity contribution in [1.82, 2.24) is 19.7 Å². The summed E-state index contributed by atoms with van der Waals surface area (Å²) in [5, 5.41) is 4.70. The summed E-state index contributed by atoms with van der Waals surface area (Å²) in [6, 6.07) is 6.88. The highest BCUT2D eigenvalue weighted by atomic mass is 79.9. The molecule has 0 saturated carbocycles. The molecule has 27 heavy (non-hydrogen) atoms. The number of aromatic amines is 1. The molecule has 3 aromatic heterocycles. The summed E-state index contributed by atoms with van der Waals surface area (Å²) in [4.78, 5) is 19.3. The monoisotopic (exact) mass is 428 g/mol. The third-order valence-electron chi connectivity index (χ3n) is 4.33. The van der Waals surface area contributed by atoms with Crippen LogP contribution in [0.2, 0.25) is 0 Å². The van der Waals surface area contributed by atoms with E-state index in [0.29, 0.717) is 43.5 Å². The lowest BCUT2D eigenvalue weighted by molar-refractivity contribution is 0.0602. The number of hydrogen-bond donors (Lipinski definition) is 1. The van der Waals surface area contributed by atoms with Crippen LogP contribution < -0.4 is 0 Å². The number of rotatable bonds is 3. The minimum Gasteiger partial charge on any atom is -0.465 e. The number of carbonyl (C=O) groups is 1. The Morgan fingerprint density at radius 3 is 2.78 bits per heavy atom. The van der Waals surface area contributed by atoms with Crippen LogP contribution in [0.5, 0.6) is 0 Å². The highest BCUT2D eigenvalue weighted by Crippen LogP contribution is 2.34. The Bertz CT molecular complexity index is 1180. The van der Waals surface area contributed by atoms with Crippen molar-refractivity contribution in [3.8, 4) is 22.4 Å². The van der Waals surface area contributed by atoms with Crippen LogP contribution in [0, 0.1) is 5.82 Å². The molecule has 8 heteroatoms. The van der Waals surface area contributed by atoms with Crippen molar-refractivity contribution in [3.63, 3.8) is 0 Å². The van der Waals surface area contributed by atoms with Crippen LogP contribution in [0.3, 0.4) is 0 Å². The van der Waals surface area contributed by atoms with E-state index in [9.17, 15) is 4.79 Å². The van der Waals surface area contributed by atoms with Crippen LogP contribution in [0.1, 0.15) is 10.4 Å². The first-order chi connectivity index (χ1) is 13.0. The Morgan fingerprint density at radius 1 is 1.30 bits per heavy atom. The number of benzene rings is 1. The lowest BCUT2D eigenvalue weighted by Gasteiger charge is -2.05. The van der Waals surface area contributed by atoms with Gasteiger partial charge in [0.1, 0.15) is 10.4 Å². The van der Waals surface area contributed by atoms with E-state index >= 15 is 4.39 Å². The number of nitrogens with one attached hydrogen (secondary N) is 1. The average Bonchev–Trinajstić information content (AvgIpc) is 3.29. The molecule has 1 N–H and O–H groups in total. The van der Waals surface area contributed by atoms with E-state index < -0.39 is 5.97 Å². The van der Waals surface area contributed by atoms with Crippen molar-refractivity contribution in [3.05, 3.63) is 58.8 Å². The summed E-state index contributed by atoms with van der Waals surface area (Å²) in [6.07, 6.45) is 4.80. The molecule has 0 aliphatic carbocycles. The molecule has 0 spiro atoms. The number of nitrogens with zero attached hydrogens (tertiary/aromatic N) is 3. The summed E-state index contributed by atoms with van der Waals surface area (Å²) in [5.74, 6) is -0.879. The highest BCUT2D eigenvalue weighted by molar-refractivity contribution is 9.10. The summed E-state index contributed by atoms with van der Waals surface area (Å²) in [7, 11) is 3.09. The molecular formula is C19H14BrFN4O2. The second-order valence-electron chi connectivity index (χ2n) is 6.00. The zero-order valence-corrected chi connectivity index (χ0v) is 16.0. The molecule has 3 heterocycles. The van der Waals surface area contributed by atoms with Gasteiger partial charge in [-0.05, 0) is 28.1 Å². The third-order valence-corrected chi connectivity index (χ3v) is 4.93. The van der Waals surface area contributed by atoms with Gasteiger partial charge < -0.3 is 9.72 Å². The summed E-state index contributed by atoms with van der Waals surface area (Å²) >= 11 is 3.36. The van der Waals surface area contributed by atoms with E-state index in [1.165, 1.54) is 13.3 Å². The van der Waals surface area contributed by atoms with Gasteiger partial charge in [-0.2, -0.15) is 5.10 Å². The van der Waals surface area contributed by atoms with E-state index in [4.69, 9.17) is 4.74 Å². The van der Waals surface area contributed by atoms with Crippen molar-refractivity contribution >= 4 is 32.8 Å². The van der Waals surface area contributed by atoms with Gasteiger partial charge in [-0.3, -0.25) is 4.68 Å². The van der Waals surface area contributed by atoms with Gasteiger partial charge in [0, 0.05) is 47.2 Å². The van der Waals surface area contributed by atoms with Gasteiger partial charge >= 0.3 is 5.97 Å². The van der Waals surface area contributed by atoms with E-state index in [1.807, 2.05) is 0 Å². The van der Waals surface area contributed by atoms with Crippen LogP contribution in [0.4, 0.5) is 4.39 Å². The lowest BCUT2D eigenvalue weighted by Crippen LogP contribution is -2.02. The van der Waals surface area contributed by atoms with E-state index in [-0.39, 0.29) is 5.82 Å². The molecule has 0 bridgehead atoms. The maximum Gasteiger partial charge on any atom is 0.340 e. The van der Waals surface area contributed by atoms with Crippen LogP contribution in [-0.4, -0.2) is 32.8 Å². The third kappa shape index (κ3) is 2.91. The molecule has 0 fully saturated rings. The molecule has 136 valence electrons. The first-order valence-electron chi connectivity index (χ1n) is 8.03. The van der Waals surface area contributed by atoms with Gasteiger partial charge in [0.2, 0.25) is 0 Å². The Hall–Kier alpha value is -3.00. The summed E-state index contributed by atoms with van der Waals surface area (Å²) in [5.41, 5.74) is 2.96. The molecule has 0 radical (unpaired) electrons. The van der Waals surface area contributed by atoms with Crippen LogP contribution in [-0.2, 0) is 11.8 Å². The fourth-order valence-electron chi connectivity index (χ4n) is 3.03. The minimum absolute atomic E-state index is 0.307. The predicted octanol–water partition coefficient (Wildman–Crippen LogP) is 4.32. The predicted molar refractivity (Wildman–Crippen MR) is 103 cm³/mol.